The van der Waals surface area contributed by atoms with Crippen molar-refractivity contribution in [3.63, 3.8) is 0 Å². The van der Waals surface area contributed by atoms with Gasteiger partial charge in [0.05, 0.1) is 15.8 Å². The van der Waals surface area contributed by atoms with Gasteiger partial charge in [0.15, 0.2) is 5.82 Å². The Morgan fingerprint density at radius 1 is 0.917 bits per heavy atom. The highest BCUT2D eigenvalue weighted by atomic mass is 35.5. The van der Waals surface area contributed by atoms with Gasteiger partial charge in [0.2, 0.25) is 5.16 Å². The fourth-order valence-electron chi connectivity index (χ4n) is 2.35. The van der Waals surface area contributed by atoms with E-state index < -0.39 is 0 Å². The zero-order chi connectivity index (χ0) is 16.7. The lowest BCUT2D eigenvalue weighted by molar-refractivity contribution is 0.762. The Labute approximate surface area is 157 Å². The number of aromatic nitrogens is 3. The quantitative estimate of drug-likeness (QED) is 0.594. The average molecular weight is 396 g/mol. The summed E-state index contributed by atoms with van der Waals surface area (Å²) in [5.74, 6) is 1.34. The summed E-state index contributed by atoms with van der Waals surface area (Å²) < 4.78 is 1.73. The van der Waals surface area contributed by atoms with E-state index in [1.165, 1.54) is 0 Å². The highest BCUT2D eigenvalue weighted by molar-refractivity contribution is 7.99. The number of halogens is 3. The molecule has 0 atom stereocenters. The van der Waals surface area contributed by atoms with Crippen molar-refractivity contribution in [1.82, 2.24) is 14.9 Å². The molecule has 0 unspecified atom stereocenters. The van der Waals surface area contributed by atoms with Gasteiger partial charge in [-0.25, -0.2) is 0 Å². The van der Waals surface area contributed by atoms with Gasteiger partial charge >= 0.3 is 0 Å². The van der Waals surface area contributed by atoms with Gasteiger partial charge in [-0.05, 0) is 24.3 Å². The Morgan fingerprint density at radius 3 is 2.58 bits per heavy atom. The molecule has 3 aromatic rings. The summed E-state index contributed by atoms with van der Waals surface area (Å²) >= 11 is 19.8. The third-order valence-corrected chi connectivity index (χ3v) is 5.41. The summed E-state index contributed by atoms with van der Waals surface area (Å²) in [4.78, 5) is 0. The fraction of sp³-hybridized carbons (Fsp3) is 0.0625. The molecule has 0 spiro atoms. The second-order valence-electron chi connectivity index (χ2n) is 5.09. The maximum atomic E-state index is 6.12. The van der Waals surface area contributed by atoms with Crippen molar-refractivity contribution < 1.29 is 0 Å². The van der Waals surface area contributed by atoms with Gasteiger partial charge in [-0.3, -0.25) is 0 Å². The van der Waals surface area contributed by atoms with Crippen LogP contribution in [0.5, 0.6) is 0 Å². The summed E-state index contributed by atoms with van der Waals surface area (Å²) in [6.45, 7) is 0. The highest BCUT2D eigenvalue weighted by Crippen LogP contribution is 2.30. The molecule has 4 nitrogen and oxygen atoms in total. The van der Waals surface area contributed by atoms with Crippen molar-refractivity contribution in [2.75, 3.05) is 5.75 Å². The van der Waals surface area contributed by atoms with Crippen LogP contribution in [0.3, 0.4) is 0 Å². The lowest BCUT2D eigenvalue weighted by Gasteiger charge is -2.14. The lowest BCUT2D eigenvalue weighted by Crippen LogP contribution is -2.13. The van der Waals surface area contributed by atoms with Crippen LogP contribution >= 0.6 is 46.6 Å². The molecule has 120 valence electrons. The maximum absolute atomic E-state index is 6.12. The van der Waals surface area contributed by atoms with Crippen molar-refractivity contribution in [2.45, 2.75) is 5.16 Å². The Balaban J connectivity index is 1.80. The molecular formula is C16H9Cl3N4S. The van der Waals surface area contributed by atoms with E-state index in [9.17, 15) is 0 Å². The number of nitrogens with zero attached hydrogens (tertiary/aromatic N) is 4. The van der Waals surface area contributed by atoms with Crippen LogP contribution in [0.1, 0.15) is 5.56 Å². The van der Waals surface area contributed by atoms with E-state index in [-0.39, 0.29) is 0 Å². The van der Waals surface area contributed by atoms with E-state index in [1.807, 2.05) is 36.4 Å². The molecule has 1 aliphatic heterocycles. The van der Waals surface area contributed by atoms with Gasteiger partial charge in [0.1, 0.15) is 0 Å². The van der Waals surface area contributed by atoms with Crippen LogP contribution in [0.25, 0.3) is 11.4 Å². The molecule has 2 heterocycles. The normalized spacial score (nSPS) is 13.5. The monoisotopic (exact) mass is 394 g/mol. The molecule has 24 heavy (non-hydrogen) atoms. The molecule has 2 aromatic carbocycles. The molecule has 0 amide bonds. The SMILES string of the molecule is Clc1cccc(-c2nnc3n2N=C(c2ccc(Cl)c(Cl)c2)CS3)c1. The smallest absolute Gasteiger partial charge is 0.187 e. The number of fused-ring (bicyclic) bond motifs is 1. The van der Waals surface area contributed by atoms with Crippen LogP contribution in [-0.4, -0.2) is 26.3 Å². The lowest BCUT2D eigenvalue weighted by atomic mass is 10.1. The van der Waals surface area contributed by atoms with Crippen LogP contribution in [0.2, 0.25) is 15.1 Å². The van der Waals surface area contributed by atoms with E-state index >= 15 is 0 Å². The number of hydrogen-bond donors (Lipinski definition) is 0. The minimum absolute atomic E-state index is 0.506. The molecule has 0 fully saturated rings. The first-order chi connectivity index (χ1) is 11.6. The minimum Gasteiger partial charge on any atom is -0.187 e. The van der Waals surface area contributed by atoms with Gasteiger partial charge in [-0.15, -0.1) is 10.2 Å². The van der Waals surface area contributed by atoms with Gasteiger partial charge in [0, 0.05) is 21.9 Å². The van der Waals surface area contributed by atoms with Crippen molar-refractivity contribution >= 4 is 52.3 Å². The second kappa shape index (κ2) is 6.41. The number of hydrogen-bond acceptors (Lipinski definition) is 4. The average Bonchev–Trinajstić information content (AvgIpc) is 3.00. The first-order valence-electron chi connectivity index (χ1n) is 6.99. The molecular weight excluding hydrogens is 387 g/mol. The summed E-state index contributed by atoms with van der Waals surface area (Å²) in [6, 6.07) is 12.9. The molecule has 4 rings (SSSR count). The molecule has 0 saturated heterocycles. The van der Waals surface area contributed by atoms with Crippen LogP contribution in [0, 0.1) is 0 Å². The largest absolute Gasteiger partial charge is 0.212 e. The Morgan fingerprint density at radius 2 is 1.79 bits per heavy atom. The molecule has 8 heteroatoms. The first kappa shape index (κ1) is 16.0. The van der Waals surface area contributed by atoms with Crippen LogP contribution < -0.4 is 0 Å². The van der Waals surface area contributed by atoms with Gasteiger partial charge in [-0.1, -0.05) is 64.8 Å². The van der Waals surface area contributed by atoms with Crippen LogP contribution in [0.15, 0.2) is 52.7 Å². The highest BCUT2D eigenvalue weighted by Gasteiger charge is 2.21. The van der Waals surface area contributed by atoms with E-state index in [0.29, 0.717) is 26.6 Å². The number of rotatable bonds is 2. The molecule has 1 aliphatic rings. The van der Waals surface area contributed by atoms with Crippen molar-refractivity contribution in [3.8, 4) is 11.4 Å². The third-order valence-electron chi connectivity index (χ3n) is 3.51. The van der Waals surface area contributed by atoms with Gasteiger partial charge in [0.25, 0.3) is 0 Å². The van der Waals surface area contributed by atoms with Crippen molar-refractivity contribution in [2.24, 2.45) is 5.10 Å². The van der Waals surface area contributed by atoms with Crippen LogP contribution in [0.4, 0.5) is 0 Å². The summed E-state index contributed by atoms with van der Waals surface area (Å²) in [5, 5.41) is 15.6. The Kier molecular flexibility index (Phi) is 4.26. The number of benzene rings is 2. The predicted octanol–water partition coefficient (Wildman–Crippen LogP) is 5.26. The van der Waals surface area contributed by atoms with Gasteiger partial charge < -0.3 is 0 Å². The van der Waals surface area contributed by atoms with E-state index in [2.05, 4.69) is 10.2 Å². The molecule has 0 N–H and O–H groups in total. The fourth-order valence-corrected chi connectivity index (χ4v) is 3.68. The Bertz CT molecular complexity index is 968. The van der Waals surface area contributed by atoms with Crippen molar-refractivity contribution in [3.05, 3.63) is 63.1 Å². The Hall–Kier alpha value is -1.53. The molecule has 0 aliphatic carbocycles. The maximum Gasteiger partial charge on any atom is 0.212 e. The van der Waals surface area contributed by atoms with Crippen molar-refractivity contribution in [1.29, 1.82) is 0 Å². The molecule has 0 saturated carbocycles. The van der Waals surface area contributed by atoms with E-state index in [1.54, 1.807) is 22.5 Å². The van der Waals surface area contributed by atoms with E-state index in [0.717, 1.165) is 22.0 Å². The summed E-state index contributed by atoms with van der Waals surface area (Å²) in [6.07, 6.45) is 0. The van der Waals surface area contributed by atoms with Gasteiger partial charge in [-0.2, -0.15) is 9.78 Å². The molecule has 1 aromatic heterocycles. The zero-order valence-electron chi connectivity index (χ0n) is 12.1. The second-order valence-corrected chi connectivity index (χ2v) is 7.29. The third kappa shape index (κ3) is 2.93. The first-order valence-corrected chi connectivity index (χ1v) is 9.11. The topological polar surface area (TPSA) is 43.1 Å². The summed E-state index contributed by atoms with van der Waals surface area (Å²) in [5.41, 5.74) is 2.67. The zero-order valence-corrected chi connectivity index (χ0v) is 15.2. The summed E-state index contributed by atoms with van der Waals surface area (Å²) in [7, 11) is 0. The molecule has 0 bridgehead atoms. The van der Waals surface area contributed by atoms with E-state index in [4.69, 9.17) is 39.9 Å². The standard InChI is InChI=1S/C16H9Cl3N4S/c17-11-3-1-2-10(6-11)15-20-21-16-23(15)22-14(8-24-16)9-4-5-12(18)13(19)7-9/h1-7H,8H2. The number of thioether (sulfide) groups is 1. The molecule has 0 radical (unpaired) electrons. The van der Waals surface area contributed by atoms with Crippen LogP contribution in [-0.2, 0) is 0 Å². The minimum atomic E-state index is 0.506. The predicted molar refractivity (Wildman–Crippen MR) is 99.6 cm³/mol.